The second-order valence-electron chi connectivity index (χ2n) is 6.76. The van der Waals surface area contributed by atoms with E-state index in [-0.39, 0.29) is 16.5 Å². The number of sulfonamides is 1. The highest BCUT2D eigenvalue weighted by atomic mass is 32.2. The maximum absolute atomic E-state index is 13.0. The summed E-state index contributed by atoms with van der Waals surface area (Å²) in [7, 11) is -2.60. The van der Waals surface area contributed by atoms with Crippen LogP contribution in [0.4, 0.5) is 5.82 Å². The third-order valence-electron chi connectivity index (χ3n) is 4.81. The molecular formula is C20H18N4O6S. The first kappa shape index (κ1) is 19.2. The number of benzene rings is 2. The minimum atomic E-state index is -4.00. The van der Waals surface area contributed by atoms with Crippen molar-refractivity contribution >= 4 is 26.8 Å². The number of ether oxygens (including phenoxy) is 3. The van der Waals surface area contributed by atoms with Gasteiger partial charge in [-0.3, -0.25) is 9.40 Å². The fourth-order valence-electron chi connectivity index (χ4n) is 3.47. The van der Waals surface area contributed by atoms with E-state index in [4.69, 9.17) is 18.7 Å². The van der Waals surface area contributed by atoms with Crippen LogP contribution in [0.25, 0.3) is 11.0 Å². The van der Waals surface area contributed by atoms with E-state index in [1.54, 1.807) is 35.1 Å². The third kappa shape index (κ3) is 3.42. The summed E-state index contributed by atoms with van der Waals surface area (Å²) in [6.45, 7) is 1.12. The minimum Gasteiger partial charge on any atom is -0.495 e. The average Bonchev–Trinajstić information content (AvgIpc) is 3.44. The van der Waals surface area contributed by atoms with Crippen molar-refractivity contribution in [3.63, 3.8) is 0 Å². The van der Waals surface area contributed by atoms with Crippen LogP contribution < -0.4 is 18.9 Å². The third-order valence-corrected chi connectivity index (χ3v) is 6.18. The standard InChI is InChI=1S/C20H18N4O6S/c1-27-14-5-2-3-6-16(14)31(25,26)23-20-17-15(30-22-20)11-13(12-24-8-4-7-21-24)18-19(17)29-10-9-28-18/h2-8,11H,9-10,12H2,1H3,(H,22,23). The van der Waals surface area contributed by atoms with Gasteiger partial charge >= 0.3 is 0 Å². The Morgan fingerprint density at radius 2 is 1.97 bits per heavy atom. The van der Waals surface area contributed by atoms with Gasteiger partial charge in [-0.2, -0.15) is 5.10 Å². The largest absolute Gasteiger partial charge is 0.495 e. The number of anilines is 1. The smallest absolute Gasteiger partial charge is 0.266 e. The highest BCUT2D eigenvalue weighted by Gasteiger charge is 2.28. The van der Waals surface area contributed by atoms with Crippen molar-refractivity contribution in [2.24, 2.45) is 0 Å². The Balaban J connectivity index is 1.59. The molecule has 0 bridgehead atoms. The molecule has 160 valence electrons. The second-order valence-corrected chi connectivity index (χ2v) is 8.41. The molecule has 2 aromatic heterocycles. The lowest BCUT2D eigenvalue weighted by Gasteiger charge is -2.22. The number of rotatable bonds is 6. The Morgan fingerprint density at radius 3 is 2.74 bits per heavy atom. The normalized spacial score (nSPS) is 13.3. The Morgan fingerprint density at radius 1 is 1.16 bits per heavy atom. The van der Waals surface area contributed by atoms with Crippen LogP contribution in [0.15, 0.2) is 58.2 Å². The van der Waals surface area contributed by atoms with Crippen LogP contribution in [0.2, 0.25) is 0 Å². The van der Waals surface area contributed by atoms with E-state index in [0.717, 1.165) is 5.56 Å². The van der Waals surface area contributed by atoms with Crippen LogP contribution in [0.5, 0.6) is 17.2 Å². The van der Waals surface area contributed by atoms with Crippen molar-refractivity contribution < 1.29 is 27.2 Å². The number of nitrogens with one attached hydrogen (secondary N) is 1. The highest BCUT2D eigenvalue weighted by molar-refractivity contribution is 7.92. The molecular weight excluding hydrogens is 424 g/mol. The molecule has 10 nitrogen and oxygen atoms in total. The van der Waals surface area contributed by atoms with E-state index in [1.165, 1.54) is 13.2 Å². The molecule has 0 fully saturated rings. The van der Waals surface area contributed by atoms with Gasteiger partial charge in [0, 0.05) is 18.0 Å². The molecule has 0 radical (unpaired) electrons. The molecule has 1 aliphatic heterocycles. The van der Waals surface area contributed by atoms with E-state index < -0.39 is 10.0 Å². The van der Waals surface area contributed by atoms with Crippen LogP contribution in [0, 0.1) is 0 Å². The molecule has 4 aromatic rings. The first-order valence-corrected chi connectivity index (χ1v) is 10.9. The average molecular weight is 442 g/mol. The molecule has 11 heteroatoms. The SMILES string of the molecule is COc1ccccc1S(=O)(=O)Nc1noc2cc(Cn3cccn3)c3c(c12)OCCO3. The number of para-hydroxylation sites is 1. The first-order valence-electron chi connectivity index (χ1n) is 9.41. The van der Waals surface area contributed by atoms with Crippen molar-refractivity contribution in [3.8, 4) is 17.2 Å². The molecule has 0 saturated carbocycles. The molecule has 31 heavy (non-hydrogen) atoms. The van der Waals surface area contributed by atoms with Gasteiger partial charge in [-0.15, -0.1) is 0 Å². The maximum Gasteiger partial charge on any atom is 0.266 e. The van der Waals surface area contributed by atoms with Crippen LogP contribution >= 0.6 is 0 Å². The topological polar surface area (TPSA) is 118 Å². The van der Waals surface area contributed by atoms with Gasteiger partial charge in [0.2, 0.25) is 0 Å². The molecule has 0 unspecified atom stereocenters. The Kier molecular flexibility index (Phi) is 4.66. The summed E-state index contributed by atoms with van der Waals surface area (Å²) in [5.41, 5.74) is 1.14. The molecule has 0 saturated heterocycles. The van der Waals surface area contributed by atoms with E-state index in [2.05, 4.69) is 15.0 Å². The summed E-state index contributed by atoms with van der Waals surface area (Å²) in [6, 6.07) is 9.88. The Hall–Kier alpha value is -3.73. The zero-order valence-corrected chi connectivity index (χ0v) is 17.3. The molecule has 0 amide bonds. The number of nitrogens with zero attached hydrogens (tertiary/aromatic N) is 3. The highest BCUT2D eigenvalue weighted by Crippen LogP contribution is 2.44. The van der Waals surface area contributed by atoms with Crippen LogP contribution in [-0.4, -0.2) is 43.7 Å². The van der Waals surface area contributed by atoms with E-state index >= 15 is 0 Å². The van der Waals surface area contributed by atoms with Gasteiger partial charge in [0.05, 0.1) is 13.7 Å². The fraction of sp³-hybridized carbons (Fsp3) is 0.200. The number of hydrogen-bond donors (Lipinski definition) is 1. The van der Waals surface area contributed by atoms with Crippen molar-refractivity contribution in [1.82, 2.24) is 14.9 Å². The van der Waals surface area contributed by atoms with Crippen LogP contribution in [-0.2, 0) is 16.6 Å². The lowest BCUT2D eigenvalue weighted by atomic mass is 10.1. The molecule has 1 aliphatic rings. The van der Waals surface area contributed by atoms with E-state index in [1.807, 2.05) is 12.3 Å². The van der Waals surface area contributed by atoms with Gasteiger partial charge in [0.15, 0.2) is 22.9 Å². The molecule has 5 rings (SSSR count). The van der Waals surface area contributed by atoms with Crippen molar-refractivity contribution in [3.05, 3.63) is 54.4 Å². The number of hydrogen-bond acceptors (Lipinski definition) is 8. The van der Waals surface area contributed by atoms with Crippen LogP contribution in [0.1, 0.15) is 5.56 Å². The summed E-state index contributed by atoms with van der Waals surface area (Å²) >= 11 is 0. The van der Waals surface area contributed by atoms with Crippen molar-refractivity contribution in [2.45, 2.75) is 11.4 Å². The van der Waals surface area contributed by atoms with Gasteiger partial charge in [-0.1, -0.05) is 17.3 Å². The van der Waals surface area contributed by atoms with Gasteiger partial charge in [-0.25, -0.2) is 8.42 Å². The van der Waals surface area contributed by atoms with Gasteiger partial charge in [0.1, 0.15) is 29.2 Å². The molecule has 1 N–H and O–H groups in total. The van der Waals surface area contributed by atoms with Gasteiger partial charge < -0.3 is 18.7 Å². The summed E-state index contributed by atoms with van der Waals surface area (Å²) in [5.74, 6) is 1.11. The monoisotopic (exact) mass is 442 g/mol. The molecule has 2 aromatic carbocycles. The van der Waals surface area contributed by atoms with Crippen LogP contribution in [0.3, 0.4) is 0 Å². The van der Waals surface area contributed by atoms with Crippen molar-refractivity contribution in [2.75, 3.05) is 25.0 Å². The number of methoxy groups -OCH3 is 1. The molecule has 0 spiro atoms. The minimum absolute atomic E-state index is 0.00768. The fourth-order valence-corrected chi connectivity index (χ4v) is 4.64. The predicted octanol–water partition coefficient (Wildman–Crippen LogP) is 2.65. The quantitative estimate of drug-likeness (QED) is 0.484. The van der Waals surface area contributed by atoms with Gasteiger partial charge in [-0.05, 0) is 24.3 Å². The molecule has 3 heterocycles. The molecule has 0 aliphatic carbocycles. The number of aromatic nitrogens is 3. The summed E-state index contributed by atoms with van der Waals surface area (Å²) in [5, 5.41) is 8.54. The molecule has 0 atom stereocenters. The van der Waals surface area contributed by atoms with E-state index in [9.17, 15) is 8.42 Å². The Bertz CT molecular complexity index is 1350. The predicted molar refractivity (Wildman–Crippen MR) is 110 cm³/mol. The summed E-state index contributed by atoms with van der Waals surface area (Å²) in [4.78, 5) is -0.0185. The van der Waals surface area contributed by atoms with E-state index in [0.29, 0.717) is 42.2 Å². The summed E-state index contributed by atoms with van der Waals surface area (Å²) in [6.07, 6.45) is 3.51. The zero-order chi connectivity index (χ0) is 21.4. The van der Waals surface area contributed by atoms with Crippen molar-refractivity contribution in [1.29, 1.82) is 0 Å². The second kappa shape index (κ2) is 7.51. The first-order chi connectivity index (χ1) is 15.1. The lowest BCUT2D eigenvalue weighted by Crippen LogP contribution is -2.18. The number of fused-ring (bicyclic) bond motifs is 3. The Labute approximate surface area is 177 Å². The van der Waals surface area contributed by atoms with Gasteiger partial charge in [0.25, 0.3) is 10.0 Å². The summed E-state index contributed by atoms with van der Waals surface area (Å²) < 4.78 is 52.6. The maximum atomic E-state index is 13.0. The lowest BCUT2D eigenvalue weighted by molar-refractivity contribution is 0.172. The zero-order valence-electron chi connectivity index (χ0n) is 16.4.